The molecule has 2 aromatic heterocycles. The minimum Gasteiger partial charge on any atom is -0.398 e. The van der Waals surface area contributed by atoms with Crippen molar-refractivity contribution in [2.75, 3.05) is 5.73 Å². The zero-order valence-electron chi connectivity index (χ0n) is 8.93. The van der Waals surface area contributed by atoms with Crippen LogP contribution >= 0.6 is 0 Å². The van der Waals surface area contributed by atoms with Crippen molar-refractivity contribution in [3.63, 3.8) is 0 Å². The first-order chi connectivity index (χ1) is 8.18. The average molecular weight is 231 g/mol. The fourth-order valence-electron chi connectivity index (χ4n) is 1.43. The number of carbonyl (C=O) groups excluding carboxylic acids is 1. The van der Waals surface area contributed by atoms with Gasteiger partial charge < -0.3 is 5.73 Å². The molecule has 0 unspecified atom stereocenters. The molecular weight excluding hydrogens is 221 g/mol. The van der Waals surface area contributed by atoms with Gasteiger partial charge in [0, 0.05) is 36.3 Å². The molecule has 0 fully saturated rings. The van der Waals surface area contributed by atoms with Crippen molar-refractivity contribution in [3.8, 4) is 0 Å². The Bertz CT molecular complexity index is 557. The van der Waals surface area contributed by atoms with Crippen molar-refractivity contribution >= 4 is 11.5 Å². The largest absolute Gasteiger partial charge is 0.398 e. The van der Waals surface area contributed by atoms with Crippen LogP contribution in [0.25, 0.3) is 0 Å². The molecule has 0 radical (unpaired) electrons. The van der Waals surface area contributed by atoms with Crippen LogP contribution in [0.2, 0.25) is 0 Å². The number of pyridine rings is 2. The van der Waals surface area contributed by atoms with Crippen LogP contribution in [-0.2, 0) is 6.42 Å². The van der Waals surface area contributed by atoms with Crippen molar-refractivity contribution < 1.29 is 9.18 Å². The first-order valence-corrected chi connectivity index (χ1v) is 5.00. The van der Waals surface area contributed by atoms with Gasteiger partial charge in [-0.25, -0.2) is 4.39 Å². The Morgan fingerprint density at radius 1 is 1.35 bits per heavy atom. The van der Waals surface area contributed by atoms with Crippen LogP contribution in [0.5, 0.6) is 0 Å². The van der Waals surface area contributed by atoms with Crippen LogP contribution in [0, 0.1) is 5.82 Å². The predicted molar refractivity (Wildman–Crippen MR) is 60.9 cm³/mol. The third kappa shape index (κ3) is 2.44. The lowest BCUT2D eigenvalue weighted by Crippen LogP contribution is -2.10. The maximum atomic E-state index is 13.3. The molecule has 0 spiro atoms. The Hall–Kier alpha value is -2.30. The van der Waals surface area contributed by atoms with Crippen molar-refractivity contribution in [2.24, 2.45) is 0 Å². The summed E-state index contributed by atoms with van der Waals surface area (Å²) in [5, 5.41) is 0. The van der Waals surface area contributed by atoms with Gasteiger partial charge in [0.1, 0.15) is 5.69 Å². The molecule has 0 atom stereocenters. The van der Waals surface area contributed by atoms with E-state index in [1.165, 1.54) is 30.7 Å². The van der Waals surface area contributed by atoms with Crippen molar-refractivity contribution in [3.05, 3.63) is 53.9 Å². The fourth-order valence-corrected chi connectivity index (χ4v) is 1.43. The van der Waals surface area contributed by atoms with Gasteiger partial charge in [0.25, 0.3) is 0 Å². The van der Waals surface area contributed by atoms with Crippen LogP contribution in [0.15, 0.2) is 36.8 Å². The van der Waals surface area contributed by atoms with E-state index in [0.29, 0.717) is 11.3 Å². The summed E-state index contributed by atoms with van der Waals surface area (Å²) in [5.74, 6) is -1.04. The Labute approximate surface area is 97.3 Å². The minimum absolute atomic E-state index is 0.00634. The topological polar surface area (TPSA) is 68.9 Å². The van der Waals surface area contributed by atoms with E-state index < -0.39 is 11.6 Å². The number of nitrogens with two attached hydrogens (primary N) is 1. The number of hydrogen-bond donors (Lipinski definition) is 1. The fraction of sp³-hybridized carbons (Fsp3) is 0.0833. The molecular formula is C12H10FN3O. The molecule has 0 saturated heterocycles. The zero-order chi connectivity index (χ0) is 12.3. The number of nitrogen functional groups attached to an aromatic ring is 1. The molecule has 17 heavy (non-hydrogen) atoms. The van der Waals surface area contributed by atoms with Crippen molar-refractivity contribution in [1.29, 1.82) is 0 Å². The van der Waals surface area contributed by atoms with E-state index >= 15 is 0 Å². The third-order valence-electron chi connectivity index (χ3n) is 2.31. The normalized spacial score (nSPS) is 10.2. The Kier molecular flexibility index (Phi) is 3.09. The first-order valence-electron chi connectivity index (χ1n) is 5.00. The minimum atomic E-state index is -0.625. The van der Waals surface area contributed by atoms with Gasteiger partial charge in [-0.1, -0.05) is 0 Å². The van der Waals surface area contributed by atoms with E-state index in [9.17, 15) is 9.18 Å². The molecule has 0 saturated carbocycles. The second-order valence-corrected chi connectivity index (χ2v) is 3.51. The van der Waals surface area contributed by atoms with E-state index in [1.54, 1.807) is 6.07 Å². The van der Waals surface area contributed by atoms with Crippen LogP contribution in [0.4, 0.5) is 10.1 Å². The summed E-state index contributed by atoms with van der Waals surface area (Å²) >= 11 is 0. The van der Waals surface area contributed by atoms with Gasteiger partial charge in [0.2, 0.25) is 0 Å². The van der Waals surface area contributed by atoms with Gasteiger partial charge >= 0.3 is 0 Å². The van der Waals surface area contributed by atoms with E-state index in [0.717, 1.165) is 0 Å². The van der Waals surface area contributed by atoms with Crippen molar-refractivity contribution in [1.82, 2.24) is 9.97 Å². The molecule has 2 N–H and O–H groups in total. The smallest absolute Gasteiger partial charge is 0.188 e. The summed E-state index contributed by atoms with van der Waals surface area (Å²) < 4.78 is 13.3. The van der Waals surface area contributed by atoms with Gasteiger partial charge in [0.15, 0.2) is 11.6 Å². The second kappa shape index (κ2) is 4.69. The molecule has 0 amide bonds. The second-order valence-electron chi connectivity index (χ2n) is 3.51. The van der Waals surface area contributed by atoms with E-state index in [-0.39, 0.29) is 12.1 Å². The van der Waals surface area contributed by atoms with E-state index in [1.807, 2.05) is 0 Å². The van der Waals surface area contributed by atoms with Gasteiger partial charge in [-0.2, -0.15) is 0 Å². The maximum absolute atomic E-state index is 13.3. The maximum Gasteiger partial charge on any atom is 0.188 e. The highest BCUT2D eigenvalue weighted by Crippen LogP contribution is 2.13. The number of anilines is 1. The van der Waals surface area contributed by atoms with Gasteiger partial charge in [-0.05, 0) is 18.2 Å². The van der Waals surface area contributed by atoms with Crippen LogP contribution < -0.4 is 5.73 Å². The van der Waals surface area contributed by atoms with Crippen LogP contribution in [-0.4, -0.2) is 15.8 Å². The zero-order valence-corrected chi connectivity index (χ0v) is 8.93. The number of halogens is 1. The number of carbonyl (C=O) groups is 1. The average Bonchev–Trinajstić information content (AvgIpc) is 2.32. The van der Waals surface area contributed by atoms with E-state index in [2.05, 4.69) is 9.97 Å². The highest BCUT2D eigenvalue weighted by atomic mass is 19.1. The molecule has 4 nitrogen and oxygen atoms in total. The number of nitrogens with zero attached hydrogens (tertiary/aromatic N) is 2. The molecule has 2 aromatic rings. The molecule has 2 rings (SSSR count). The molecule has 0 aliphatic heterocycles. The Balaban J connectivity index is 2.24. The number of ketones is 1. The highest BCUT2D eigenvalue weighted by Gasteiger charge is 2.14. The number of rotatable bonds is 3. The number of aromatic nitrogens is 2. The van der Waals surface area contributed by atoms with Crippen LogP contribution in [0.3, 0.4) is 0 Å². The van der Waals surface area contributed by atoms with E-state index in [4.69, 9.17) is 5.73 Å². The Morgan fingerprint density at radius 3 is 2.88 bits per heavy atom. The van der Waals surface area contributed by atoms with Crippen LogP contribution in [0.1, 0.15) is 16.1 Å². The summed E-state index contributed by atoms with van der Waals surface area (Å²) in [5.41, 5.74) is 6.54. The van der Waals surface area contributed by atoms with Gasteiger partial charge in [0.05, 0.1) is 0 Å². The monoisotopic (exact) mass is 231 g/mol. The quantitative estimate of drug-likeness (QED) is 0.815. The summed E-state index contributed by atoms with van der Waals surface area (Å²) in [4.78, 5) is 19.4. The molecule has 0 aliphatic carbocycles. The lowest BCUT2D eigenvalue weighted by Gasteiger charge is -2.04. The molecule has 5 heteroatoms. The summed E-state index contributed by atoms with van der Waals surface area (Å²) in [6.07, 6.45) is 4.40. The standard InChI is InChI=1S/C12H10FN3O/c13-9-2-1-4-16-12(9)11(17)6-8-7-15-5-3-10(8)14/h1-5,7H,6H2,(H2,14,15). The Morgan fingerprint density at radius 2 is 2.18 bits per heavy atom. The number of Topliss-reactive ketones (excluding diaryl/α,β-unsaturated/α-hetero) is 1. The summed E-state index contributed by atoms with van der Waals surface area (Å²) in [7, 11) is 0. The lowest BCUT2D eigenvalue weighted by molar-refractivity contribution is 0.0984. The SMILES string of the molecule is Nc1ccncc1CC(=O)c1ncccc1F. The van der Waals surface area contributed by atoms with Crippen molar-refractivity contribution in [2.45, 2.75) is 6.42 Å². The molecule has 2 heterocycles. The first kappa shape index (κ1) is 11.2. The molecule has 0 bridgehead atoms. The molecule has 86 valence electrons. The third-order valence-corrected chi connectivity index (χ3v) is 2.31. The van der Waals surface area contributed by atoms with Gasteiger partial charge in [-0.15, -0.1) is 0 Å². The van der Waals surface area contributed by atoms with Gasteiger partial charge in [-0.3, -0.25) is 14.8 Å². The molecule has 0 aliphatic rings. The lowest BCUT2D eigenvalue weighted by atomic mass is 10.1. The predicted octanol–water partition coefficient (Wildman–Crippen LogP) is 1.62. The summed E-state index contributed by atoms with van der Waals surface area (Å²) in [6.45, 7) is 0. The molecule has 0 aromatic carbocycles. The number of hydrogen-bond acceptors (Lipinski definition) is 4. The summed E-state index contributed by atoms with van der Waals surface area (Å²) in [6, 6.07) is 4.23. The highest BCUT2D eigenvalue weighted by molar-refractivity contribution is 5.96.